The van der Waals surface area contributed by atoms with Crippen LogP contribution in [0.4, 0.5) is 4.39 Å². The molecule has 1 aromatic heterocycles. The Morgan fingerprint density at radius 1 is 1.28 bits per heavy atom. The summed E-state index contributed by atoms with van der Waals surface area (Å²) in [6, 6.07) is 9.06. The van der Waals surface area contributed by atoms with Crippen LogP contribution in [0, 0.1) is 12.7 Å². The highest BCUT2D eigenvalue weighted by Crippen LogP contribution is 2.37. The number of ether oxygens (including phenoxy) is 1. The molecule has 0 radical (unpaired) electrons. The van der Waals surface area contributed by atoms with Crippen molar-refractivity contribution in [1.29, 1.82) is 0 Å². The van der Waals surface area contributed by atoms with Crippen LogP contribution in [0.15, 0.2) is 36.4 Å². The van der Waals surface area contributed by atoms with Crippen molar-refractivity contribution < 1.29 is 23.8 Å². The Morgan fingerprint density at radius 3 is 2.66 bits per heavy atom. The first kappa shape index (κ1) is 20.9. The van der Waals surface area contributed by atoms with Gasteiger partial charge in [0.2, 0.25) is 0 Å². The van der Waals surface area contributed by atoms with Crippen molar-refractivity contribution in [1.82, 2.24) is 4.57 Å². The molecule has 1 unspecified atom stereocenters. The van der Waals surface area contributed by atoms with Gasteiger partial charge in [0.1, 0.15) is 0 Å². The lowest BCUT2D eigenvalue weighted by Crippen LogP contribution is -2.17. The molecular formula is C22H21ClFNO4. The summed E-state index contributed by atoms with van der Waals surface area (Å²) in [5.41, 5.74) is 1.28. The Morgan fingerprint density at radius 2 is 2.00 bits per heavy atom. The van der Waals surface area contributed by atoms with Crippen LogP contribution in [0.25, 0.3) is 10.9 Å². The van der Waals surface area contributed by atoms with Crippen LogP contribution >= 0.6 is 11.6 Å². The Hall–Kier alpha value is -2.86. The molecule has 0 saturated carbocycles. The smallest absolute Gasteiger partial charge is 0.313 e. The number of phenols is 1. The first-order valence-electron chi connectivity index (χ1n) is 9.27. The molecule has 0 amide bonds. The summed E-state index contributed by atoms with van der Waals surface area (Å²) in [6.45, 7) is 5.35. The van der Waals surface area contributed by atoms with Crippen LogP contribution in [0.1, 0.15) is 47.8 Å². The molecule has 0 aliphatic heterocycles. The predicted octanol–water partition coefficient (Wildman–Crippen LogP) is 5.19. The average Bonchev–Trinajstić information content (AvgIpc) is 3.00. The van der Waals surface area contributed by atoms with Crippen molar-refractivity contribution >= 4 is 34.4 Å². The molecule has 29 heavy (non-hydrogen) atoms. The number of rotatable bonds is 5. The van der Waals surface area contributed by atoms with Crippen LogP contribution in [0.5, 0.6) is 5.75 Å². The Balaban J connectivity index is 2.25. The fourth-order valence-electron chi connectivity index (χ4n) is 3.47. The molecule has 5 nitrogen and oxygen atoms in total. The second kappa shape index (κ2) is 8.25. The topological polar surface area (TPSA) is 68.5 Å². The zero-order valence-electron chi connectivity index (χ0n) is 16.3. The van der Waals surface area contributed by atoms with Crippen LogP contribution in [-0.4, -0.2) is 28.2 Å². The number of carbonyl (C=O) groups is 2. The molecule has 0 spiro atoms. The lowest BCUT2D eigenvalue weighted by atomic mass is 9.97. The lowest BCUT2D eigenvalue weighted by molar-refractivity contribution is -0.145. The zero-order chi connectivity index (χ0) is 21.3. The Labute approximate surface area is 172 Å². The molecule has 152 valence electrons. The molecule has 2 aromatic carbocycles. The minimum absolute atomic E-state index is 0.0267. The summed E-state index contributed by atoms with van der Waals surface area (Å²) in [5.74, 6) is -3.20. The fraction of sp³-hybridized carbons (Fsp3) is 0.273. The van der Waals surface area contributed by atoms with Crippen LogP contribution in [0.3, 0.4) is 0 Å². The third kappa shape index (κ3) is 3.72. The van der Waals surface area contributed by atoms with Gasteiger partial charge in [-0.3, -0.25) is 14.2 Å². The Bertz CT molecular complexity index is 1110. The van der Waals surface area contributed by atoms with Crippen molar-refractivity contribution in [2.24, 2.45) is 0 Å². The molecule has 0 fully saturated rings. The summed E-state index contributed by atoms with van der Waals surface area (Å²) in [5, 5.41) is 10.3. The number of halogens is 2. The van der Waals surface area contributed by atoms with Gasteiger partial charge in [-0.15, -0.1) is 0 Å². The molecule has 0 aliphatic rings. The lowest BCUT2D eigenvalue weighted by Gasteiger charge is -2.13. The van der Waals surface area contributed by atoms with Gasteiger partial charge in [-0.05, 0) is 56.2 Å². The number of aromatic hydroxyl groups is 1. The number of benzene rings is 2. The van der Waals surface area contributed by atoms with Crippen molar-refractivity contribution in [3.05, 3.63) is 64.1 Å². The first-order valence-corrected chi connectivity index (χ1v) is 9.65. The van der Waals surface area contributed by atoms with Crippen LogP contribution < -0.4 is 0 Å². The SMILES string of the molecule is CCCOC(=O)C(C)c1c(C)n(C(=O)c2cccc(Cl)c2)c2ccc(O)c(F)c12. The Kier molecular flexibility index (Phi) is 5.94. The number of aromatic nitrogens is 1. The third-order valence-corrected chi connectivity index (χ3v) is 5.08. The highest BCUT2D eigenvalue weighted by Gasteiger charge is 2.30. The molecule has 7 heteroatoms. The summed E-state index contributed by atoms with van der Waals surface area (Å²) < 4.78 is 21.5. The van der Waals surface area contributed by atoms with E-state index < -0.39 is 29.4 Å². The van der Waals surface area contributed by atoms with E-state index >= 15 is 0 Å². The van der Waals surface area contributed by atoms with Gasteiger partial charge >= 0.3 is 5.97 Å². The van der Waals surface area contributed by atoms with E-state index in [2.05, 4.69) is 0 Å². The number of carbonyl (C=O) groups excluding carboxylic acids is 2. The normalized spacial score (nSPS) is 12.2. The van der Waals surface area contributed by atoms with E-state index in [0.29, 0.717) is 28.3 Å². The molecule has 0 saturated heterocycles. The fourth-order valence-corrected chi connectivity index (χ4v) is 3.66. The number of nitrogens with zero attached hydrogens (tertiary/aromatic N) is 1. The highest BCUT2D eigenvalue weighted by molar-refractivity contribution is 6.31. The van der Waals surface area contributed by atoms with E-state index in [0.717, 1.165) is 0 Å². The maximum absolute atomic E-state index is 14.9. The molecule has 1 heterocycles. The van der Waals surface area contributed by atoms with E-state index in [1.54, 1.807) is 32.0 Å². The monoisotopic (exact) mass is 417 g/mol. The number of esters is 1. The molecular weight excluding hydrogens is 397 g/mol. The van der Waals surface area contributed by atoms with Gasteiger partial charge in [-0.2, -0.15) is 0 Å². The molecule has 3 rings (SSSR count). The molecule has 0 aliphatic carbocycles. The summed E-state index contributed by atoms with van der Waals surface area (Å²) in [4.78, 5) is 25.7. The second-order valence-electron chi connectivity index (χ2n) is 6.83. The maximum Gasteiger partial charge on any atom is 0.313 e. The van der Waals surface area contributed by atoms with Crippen molar-refractivity contribution in [2.75, 3.05) is 6.61 Å². The molecule has 1 N–H and O–H groups in total. The van der Waals surface area contributed by atoms with E-state index in [-0.39, 0.29) is 17.5 Å². The molecule has 1 atom stereocenters. The van der Waals surface area contributed by atoms with E-state index in [1.807, 2.05) is 6.92 Å². The minimum Gasteiger partial charge on any atom is -0.505 e. The van der Waals surface area contributed by atoms with E-state index in [4.69, 9.17) is 16.3 Å². The van der Waals surface area contributed by atoms with E-state index in [9.17, 15) is 19.1 Å². The second-order valence-corrected chi connectivity index (χ2v) is 7.27. The zero-order valence-corrected chi connectivity index (χ0v) is 17.1. The van der Waals surface area contributed by atoms with Gasteiger partial charge in [0, 0.05) is 21.7 Å². The largest absolute Gasteiger partial charge is 0.505 e. The van der Waals surface area contributed by atoms with Gasteiger partial charge in [0.15, 0.2) is 11.6 Å². The van der Waals surface area contributed by atoms with Crippen molar-refractivity contribution in [3.63, 3.8) is 0 Å². The molecule has 0 bridgehead atoms. The summed E-state index contributed by atoms with van der Waals surface area (Å²) >= 11 is 6.01. The van der Waals surface area contributed by atoms with Gasteiger partial charge in [-0.25, -0.2) is 4.39 Å². The van der Waals surface area contributed by atoms with Crippen molar-refractivity contribution in [3.8, 4) is 5.75 Å². The summed E-state index contributed by atoms with van der Waals surface area (Å²) in [7, 11) is 0. The standard InChI is InChI=1S/C22H21ClFNO4/c1-4-10-29-22(28)12(2)18-13(3)25(16-8-9-17(26)20(24)19(16)18)21(27)14-6-5-7-15(23)11-14/h5-9,11-12,26H,4,10H2,1-3H3. The van der Waals surface area contributed by atoms with Gasteiger partial charge in [0.05, 0.1) is 18.0 Å². The van der Waals surface area contributed by atoms with Crippen molar-refractivity contribution in [2.45, 2.75) is 33.1 Å². The maximum atomic E-state index is 14.9. The van der Waals surface area contributed by atoms with Gasteiger partial charge in [-0.1, -0.05) is 24.6 Å². The van der Waals surface area contributed by atoms with Gasteiger partial charge in [0.25, 0.3) is 5.91 Å². The average molecular weight is 418 g/mol. The molecule has 3 aromatic rings. The highest BCUT2D eigenvalue weighted by atomic mass is 35.5. The van der Waals surface area contributed by atoms with E-state index in [1.165, 1.54) is 22.8 Å². The van der Waals surface area contributed by atoms with Gasteiger partial charge < -0.3 is 9.84 Å². The minimum atomic E-state index is -0.881. The predicted molar refractivity (Wildman–Crippen MR) is 109 cm³/mol. The number of fused-ring (bicyclic) bond motifs is 1. The number of hydrogen-bond donors (Lipinski definition) is 1. The quantitative estimate of drug-likeness (QED) is 0.580. The first-order chi connectivity index (χ1) is 13.8. The summed E-state index contributed by atoms with van der Waals surface area (Å²) in [6.07, 6.45) is 0.654. The number of phenolic OH excluding ortho intramolecular Hbond substituents is 1. The van der Waals surface area contributed by atoms with Crippen LogP contribution in [-0.2, 0) is 9.53 Å². The number of hydrogen-bond acceptors (Lipinski definition) is 4. The third-order valence-electron chi connectivity index (χ3n) is 4.84. The van der Waals surface area contributed by atoms with Crippen LogP contribution in [0.2, 0.25) is 5.02 Å².